The average Bonchev–Trinajstić information content (AvgIpc) is 1.99. The predicted molar refractivity (Wildman–Crippen MR) is 44.3 cm³/mol. The molecule has 0 aromatic rings. The Bertz CT molecular complexity index is 104. The van der Waals surface area contributed by atoms with E-state index < -0.39 is 0 Å². The topological polar surface area (TPSA) is 26.3 Å². The van der Waals surface area contributed by atoms with Gasteiger partial charge in [0.2, 0.25) is 0 Å². The monoisotopic (exact) mass is 162 g/mol. The van der Waals surface area contributed by atoms with Crippen molar-refractivity contribution in [3.63, 3.8) is 0 Å². The minimum absolute atomic E-state index is 0.146. The molecule has 0 rings (SSSR count). The van der Waals surface area contributed by atoms with Crippen LogP contribution < -0.4 is 0 Å². The van der Waals surface area contributed by atoms with E-state index in [0.29, 0.717) is 13.0 Å². The third-order valence-electron chi connectivity index (χ3n) is 1.20. The first-order chi connectivity index (χ1) is 4.70. The molecule has 3 heteroatoms. The Balaban J connectivity index is 3.26. The van der Waals surface area contributed by atoms with Crippen LogP contribution in [0.5, 0.6) is 0 Å². The first kappa shape index (κ1) is 9.82. The van der Waals surface area contributed by atoms with Gasteiger partial charge < -0.3 is 4.74 Å². The lowest BCUT2D eigenvalue weighted by molar-refractivity contribution is -0.143. The number of carbonyl (C=O) groups is 1. The summed E-state index contributed by atoms with van der Waals surface area (Å²) in [6.07, 6.45) is 1.38. The van der Waals surface area contributed by atoms with Crippen LogP contribution in [0.15, 0.2) is 0 Å². The molecule has 0 amide bonds. The van der Waals surface area contributed by atoms with Crippen molar-refractivity contribution in [1.29, 1.82) is 0 Å². The van der Waals surface area contributed by atoms with Crippen molar-refractivity contribution in [1.82, 2.24) is 0 Å². The molecule has 0 aromatic carbocycles. The maximum absolute atomic E-state index is 10.6. The van der Waals surface area contributed by atoms with E-state index in [2.05, 4.69) is 12.6 Å². The van der Waals surface area contributed by atoms with Gasteiger partial charge in [0.05, 0.1) is 0 Å². The number of esters is 1. The van der Waals surface area contributed by atoms with E-state index in [1.54, 1.807) is 6.92 Å². The van der Waals surface area contributed by atoms with Crippen molar-refractivity contribution in [3.8, 4) is 0 Å². The minimum Gasteiger partial charge on any atom is -0.465 e. The summed E-state index contributed by atoms with van der Waals surface area (Å²) in [4.78, 5) is 10.6. The van der Waals surface area contributed by atoms with Gasteiger partial charge in [0.25, 0.3) is 0 Å². The molecule has 0 radical (unpaired) electrons. The highest BCUT2D eigenvalue weighted by Gasteiger charge is 2.02. The summed E-state index contributed by atoms with van der Waals surface area (Å²) >= 11 is 4.17. The molecule has 1 unspecified atom stereocenters. The van der Waals surface area contributed by atoms with Crippen LogP contribution in [-0.2, 0) is 9.53 Å². The summed E-state index contributed by atoms with van der Waals surface area (Å²) in [7, 11) is 0. The van der Waals surface area contributed by atoms with Crippen LogP contribution >= 0.6 is 12.6 Å². The normalized spacial score (nSPS) is 12.7. The second kappa shape index (κ2) is 5.59. The van der Waals surface area contributed by atoms with Gasteiger partial charge in [-0.2, -0.15) is 12.6 Å². The van der Waals surface area contributed by atoms with Crippen molar-refractivity contribution in [2.75, 3.05) is 6.61 Å². The highest BCUT2D eigenvalue weighted by Crippen LogP contribution is 2.00. The summed E-state index contributed by atoms with van der Waals surface area (Å²) in [6.45, 7) is 4.23. The number of ether oxygens (including phenoxy) is 1. The molecule has 0 aliphatic heterocycles. The lowest BCUT2D eigenvalue weighted by atomic mass is 10.3. The first-order valence-electron chi connectivity index (χ1n) is 3.54. The van der Waals surface area contributed by atoms with Crippen LogP contribution in [0, 0.1) is 0 Å². The lowest BCUT2D eigenvalue weighted by Crippen LogP contribution is -2.12. The summed E-state index contributed by atoms with van der Waals surface area (Å²) in [5.74, 6) is -0.146. The zero-order chi connectivity index (χ0) is 7.98. The number of thiol groups is 1. The third-order valence-corrected chi connectivity index (χ3v) is 1.71. The third kappa shape index (κ3) is 4.68. The largest absolute Gasteiger partial charge is 0.465 e. The molecule has 0 bridgehead atoms. The van der Waals surface area contributed by atoms with Crippen LogP contribution in [0.3, 0.4) is 0 Å². The zero-order valence-electron chi connectivity index (χ0n) is 6.46. The molecule has 10 heavy (non-hydrogen) atoms. The standard InChI is InChI=1S/C7H14O2S/c1-3-6(10)5-9-7(8)4-2/h6,10H,3-5H2,1-2H3. The van der Waals surface area contributed by atoms with Crippen molar-refractivity contribution < 1.29 is 9.53 Å². The maximum atomic E-state index is 10.6. The molecule has 0 spiro atoms. The van der Waals surface area contributed by atoms with Gasteiger partial charge in [-0.1, -0.05) is 13.8 Å². The smallest absolute Gasteiger partial charge is 0.305 e. The number of carbonyl (C=O) groups excluding carboxylic acids is 1. The molecule has 0 aliphatic carbocycles. The Morgan fingerprint density at radius 1 is 1.60 bits per heavy atom. The SMILES string of the molecule is CCC(=O)OCC(S)CC. The Kier molecular flexibility index (Phi) is 5.49. The fourth-order valence-corrected chi connectivity index (χ4v) is 0.484. The molecule has 0 saturated carbocycles. The highest BCUT2D eigenvalue weighted by molar-refractivity contribution is 7.81. The van der Waals surface area contributed by atoms with E-state index in [1.165, 1.54) is 0 Å². The molecule has 1 atom stereocenters. The summed E-state index contributed by atoms with van der Waals surface area (Å²) in [5, 5.41) is 0.190. The fraction of sp³-hybridized carbons (Fsp3) is 0.857. The van der Waals surface area contributed by atoms with E-state index in [0.717, 1.165) is 6.42 Å². The van der Waals surface area contributed by atoms with E-state index >= 15 is 0 Å². The van der Waals surface area contributed by atoms with Gasteiger partial charge in [-0.25, -0.2) is 0 Å². The molecular formula is C7H14O2S. The molecule has 0 aromatic heterocycles. The minimum atomic E-state index is -0.146. The van der Waals surface area contributed by atoms with Gasteiger partial charge in [0.15, 0.2) is 0 Å². The van der Waals surface area contributed by atoms with Crippen molar-refractivity contribution in [3.05, 3.63) is 0 Å². The molecule has 0 saturated heterocycles. The van der Waals surface area contributed by atoms with Crippen LogP contribution in [0.25, 0.3) is 0 Å². The van der Waals surface area contributed by atoms with E-state index in [4.69, 9.17) is 4.74 Å². The quantitative estimate of drug-likeness (QED) is 0.502. The van der Waals surface area contributed by atoms with Crippen LogP contribution in [-0.4, -0.2) is 17.8 Å². The van der Waals surface area contributed by atoms with Gasteiger partial charge in [-0.05, 0) is 6.42 Å². The zero-order valence-corrected chi connectivity index (χ0v) is 7.36. The Morgan fingerprint density at radius 3 is 2.60 bits per heavy atom. The molecule has 0 fully saturated rings. The van der Waals surface area contributed by atoms with Gasteiger partial charge in [0, 0.05) is 11.7 Å². The Morgan fingerprint density at radius 2 is 2.20 bits per heavy atom. The predicted octanol–water partition coefficient (Wildman–Crippen LogP) is 1.65. The molecule has 0 heterocycles. The Labute approximate surface area is 67.4 Å². The average molecular weight is 162 g/mol. The van der Waals surface area contributed by atoms with E-state index in [1.807, 2.05) is 6.92 Å². The second-order valence-electron chi connectivity index (χ2n) is 2.10. The van der Waals surface area contributed by atoms with Crippen molar-refractivity contribution in [2.45, 2.75) is 31.9 Å². The molecule has 0 aliphatic rings. The molecule has 60 valence electrons. The van der Waals surface area contributed by atoms with E-state index in [-0.39, 0.29) is 11.2 Å². The number of rotatable bonds is 4. The molecule has 0 N–H and O–H groups in total. The van der Waals surface area contributed by atoms with Gasteiger partial charge >= 0.3 is 5.97 Å². The summed E-state index contributed by atoms with van der Waals surface area (Å²) < 4.78 is 4.83. The summed E-state index contributed by atoms with van der Waals surface area (Å²) in [6, 6.07) is 0. The fourth-order valence-electron chi connectivity index (χ4n) is 0.409. The lowest BCUT2D eigenvalue weighted by Gasteiger charge is -2.07. The van der Waals surface area contributed by atoms with Crippen molar-refractivity contribution in [2.24, 2.45) is 0 Å². The van der Waals surface area contributed by atoms with Crippen LogP contribution in [0.1, 0.15) is 26.7 Å². The van der Waals surface area contributed by atoms with Crippen LogP contribution in [0.4, 0.5) is 0 Å². The number of hydrogen-bond acceptors (Lipinski definition) is 3. The summed E-state index contributed by atoms with van der Waals surface area (Å²) in [5.41, 5.74) is 0. The number of hydrogen-bond donors (Lipinski definition) is 1. The highest BCUT2D eigenvalue weighted by atomic mass is 32.1. The van der Waals surface area contributed by atoms with Crippen LogP contribution in [0.2, 0.25) is 0 Å². The van der Waals surface area contributed by atoms with Gasteiger partial charge in [-0.15, -0.1) is 0 Å². The second-order valence-corrected chi connectivity index (χ2v) is 2.83. The van der Waals surface area contributed by atoms with Crippen molar-refractivity contribution >= 4 is 18.6 Å². The first-order valence-corrected chi connectivity index (χ1v) is 4.06. The maximum Gasteiger partial charge on any atom is 0.305 e. The van der Waals surface area contributed by atoms with Gasteiger partial charge in [-0.3, -0.25) is 4.79 Å². The molecule has 2 nitrogen and oxygen atoms in total. The van der Waals surface area contributed by atoms with Gasteiger partial charge in [0.1, 0.15) is 6.61 Å². The molecular weight excluding hydrogens is 148 g/mol. The van der Waals surface area contributed by atoms with E-state index in [9.17, 15) is 4.79 Å². The Hall–Kier alpha value is -0.180.